The molecule has 134 valence electrons. The number of hydrogen-bond acceptors (Lipinski definition) is 4. The largest absolute Gasteiger partial charge is 0.324 e. The van der Waals surface area contributed by atoms with Crippen LogP contribution in [0.1, 0.15) is 5.82 Å². The van der Waals surface area contributed by atoms with Crippen molar-refractivity contribution in [1.82, 2.24) is 19.4 Å². The van der Waals surface area contributed by atoms with Gasteiger partial charge in [0.05, 0.1) is 30.0 Å². The number of hydrogen-bond donors (Lipinski definition) is 1. The van der Waals surface area contributed by atoms with E-state index < -0.39 is 0 Å². The number of benzene rings is 1. The van der Waals surface area contributed by atoms with Crippen LogP contribution in [0.3, 0.4) is 0 Å². The number of rotatable bonds is 5. The first-order chi connectivity index (χ1) is 12.0. The molecule has 2 heterocycles. The molecule has 0 spiro atoms. The van der Waals surface area contributed by atoms with Crippen LogP contribution in [0.4, 0.5) is 5.69 Å². The Kier molecular flexibility index (Phi) is 5.96. The first kappa shape index (κ1) is 18.2. The number of carbonyl (C=O) groups is 1. The molecule has 1 aliphatic heterocycles. The first-order valence-electron chi connectivity index (χ1n) is 8.18. The maximum atomic E-state index is 12.2. The Morgan fingerprint density at radius 1 is 1.16 bits per heavy atom. The fourth-order valence-corrected chi connectivity index (χ4v) is 3.16. The van der Waals surface area contributed by atoms with Gasteiger partial charge in [-0.1, -0.05) is 35.3 Å². The van der Waals surface area contributed by atoms with E-state index in [0.29, 0.717) is 22.4 Å². The molecule has 25 heavy (non-hydrogen) atoms. The van der Waals surface area contributed by atoms with Gasteiger partial charge in [0.1, 0.15) is 11.0 Å². The molecule has 1 saturated heterocycles. The van der Waals surface area contributed by atoms with Crippen LogP contribution in [-0.4, -0.2) is 58.0 Å². The summed E-state index contributed by atoms with van der Waals surface area (Å²) in [6.45, 7) is 4.60. The molecular weight excluding hydrogens is 361 g/mol. The van der Waals surface area contributed by atoms with Crippen LogP contribution in [0.5, 0.6) is 0 Å². The standard InChI is InChI=1S/C17H21Cl2N5O/c1-22-15(19)10-20-16(22)11-23-6-8-24(9-7-23)12-17(25)21-14-5-3-2-4-13(14)18/h2-5,10H,6-9,11-12H2,1H3,(H,21,25). The van der Waals surface area contributed by atoms with Crippen LogP contribution >= 0.6 is 23.2 Å². The molecule has 1 fully saturated rings. The van der Waals surface area contributed by atoms with Crippen molar-refractivity contribution in [3.8, 4) is 0 Å². The van der Waals surface area contributed by atoms with Gasteiger partial charge in [-0.3, -0.25) is 14.6 Å². The molecule has 3 rings (SSSR count). The van der Waals surface area contributed by atoms with Crippen LogP contribution in [-0.2, 0) is 18.4 Å². The van der Waals surface area contributed by atoms with Gasteiger partial charge in [-0.2, -0.15) is 0 Å². The third-order valence-corrected chi connectivity index (χ3v) is 5.05. The number of carbonyl (C=O) groups excluding carboxylic acids is 1. The number of nitrogens with one attached hydrogen (secondary N) is 1. The number of para-hydroxylation sites is 1. The molecule has 1 N–H and O–H groups in total. The summed E-state index contributed by atoms with van der Waals surface area (Å²) in [7, 11) is 1.92. The first-order valence-corrected chi connectivity index (χ1v) is 8.93. The second-order valence-corrected chi connectivity index (χ2v) is 6.93. The highest BCUT2D eigenvalue weighted by Gasteiger charge is 2.20. The van der Waals surface area contributed by atoms with Gasteiger partial charge in [0.15, 0.2) is 0 Å². The number of nitrogens with zero attached hydrogens (tertiary/aromatic N) is 4. The molecular formula is C17H21Cl2N5O. The lowest BCUT2D eigenvalue weighted by atomic mass is 10.3. The monoisotopic (exact) mass is 381 g/mol. The number of aromatic nitrogens is 2. The summed E-state index contributed by atoms with van der Waals surface area (Å²) in [5.74, 6) is 0.910. The summed E-state index contributed by atoms with van der Waals surface area (Å²) in [6, 6.07) is 7.26. The third-order valence-electron chi connectivity index (χ3n) is 4.37. The Bertz CT molecular complexity index is 740. The molecule has 1 aromatic heterocycles. The van der Waals surface area contributed by atoms with Crippen molar-refractivity contribution in [1.29, 1.82) is 0 Å². The SMILES string of the molecule is Cn1c(Cl)cnc1CN1CCN(CC(=O)Nc2ccccc2Cl)CC1. The van der Waals surface area contributed by atoms with Crippen LogP contribution in [0.2, 0.25) is 10.2 Å². The molecule has 8 heteroatoms. The van der Waals surface area contributed by atoms with Gasteiger partial charge in [-0.25, -0.2) is 4.98 Å². The highest BCUT2D eigenvalue weighted by atomic mass is 35.5. The topological polar surface area (TPSA) is 53.4 Å². The smallest absolute Gasteiger partial charge is 0.238 e. The van der Waals surface area contributed by atoms with Crippen molar-refractivity contribution in [3.05, 3.63) is 46.5 Å². The minimum Gasteiger partial charge on any atom is -0.324 e. The van der Waals surface area contributed by atoms with E-state index in [-0.39, 0.29) is 5.91 Å². The summed E-state index contributed by atoms with van der Waals surface area (Å²) in [4.78, 5) is 21.0. The van der Waals surface area contributed by atoms with Gasteiger partial charge in [0.25, 0.3) is 0 Å². The second-order valence-electron chi connectivity index (χ2n) is 6.14. The molecule has 1 aromatic carbocycles. The third kappa shape index (κ3) is 4.73. The van der Waals surface area contributed by atoms with E-state index in [1.54, 1.807) is 18.3 Å². The zero-order valence-corrected chi connectivity index (χ0v) is 15.6. The predicted molar refractivity (Wildman–Crippen MR) is 100 cm³/mol. The Morgan fingerprint density at radius 3 is 2.48 bits per heavy atom. The molecule has 6 nitrogen and oxygen atoms in total. The normalized spacial score (nSPS) is 16.1. The highest BCUT2D eigenvalue weighted by molar-refractivity contribution is 6.33. The van der Waals surface area contributed by atoms with Crippen molar-refractivity contribution in [2.45, 2.75) is 6.54 Å². The lowest BCUT2D eigenvalue weighted by Gasteiger charge is -2.34. The number of halogens is 2. The average molecular weight is 382 g/mol. The minimum atomic E-state index is -0.0440. The molecule has 0 unspecified atom stereocenters. The molecule has 0 atom stereocenters. The van der Waals surface area contributed by atoms with Crippen molar-refractivity contribution in [2.75, 3.05) is 38.0 Å². The van der Waals surface area contributed by atoms with Crippen LogP contribution in [0.25, 0.3) is 0 Å². The Morgan fingerprint density at radius 2 is 1.84 bits per heavy atom. The van der Waals surface area contributed by atoms with Crippen molar-refractivity contribution in [3.63, 3.8) is 0 Å². The number of piperazine rings is 1. The summed E-state index contributed by atoms with van der Waals surface area (Å²) in [6.07, 6.45) is 1.67. The van der Waals surface area contributed by atoms with Crippen molar-refractivity contribution >= 4 is 34.8 Å². The van der Waals surface area contributed by atoms with Gasteiger partial charge in [0.2, 0.25) is 5.91 Å². The maximum absolute atomic E-state index is 12.2. The number of amides is 1. The average Bonchev–Trinajstić information content (AvgIpc) is 2.91. The highest BCUT2D eigenvalue weighted by Crippen LogP contribution is 2.20. The molecule has 1 aliphatic rings. The van der Waals surface area contributed by atoms with E-state index in [1.807, 2.05) is 23.7 Å². The Hall–Kier alpha value is -1.60. The molecule has 0 radical (unpaired) electrons. The van der Waals surface area contributed by atoms with E-state index >= 15 is 0 Å². The van der Waals surface area contributed by atoms with Crippen LogP contribution in [0.15, 0.2) is 30.5 Å². The fraction of sp³-hybridized carbons (Fsp3) is 0.412. The van der Waals surface area contributed by atoms with E-state index in [0.717, 1.165) is 38.5 Å². The summed E-state index contributed by atoms with van der Waals surface area (Å²) >= 11 is 12.1. The van der Waals surface area contributed by atoms with Gasteiger partial charge in [0, 0.05) is 33.2 Å². The van der Waals surface area contributed by atoms with Gasteiger partial charge < -0.3 is 9.88 Å². The van der Waals surface area contributed by atoms with E-state index in [4.69, 9.17) is 23.2 Å². The van der Waals surface area contributed by atoms with Gasteiger partial charge in [-0.05, 0) is 12.1 Å². The molecule has 0 bridgehead atoms. The maximum Gasteiger partial charge on any atom is 0.238 e. The van der Waals surface area contributed by atoms with E-state index in [2.05, 4.69) is 20.1 Å². The quantitative estimate of drug-likeness (QED) is 0.864. The van der Waals surface area contributed by atoms with Crippen LogP contribution < -0.4 is 5.32 Å². The van der Waals surface area contributed by atoms with E-state index in [1.165, 1.54) is 0 Å². The Balaban J connectivity index is 1.45. The number of imidazole rings is 1. The second kappa shape index (κ2) is 8.19. The lowest BCUT2D eigenvalue weighted by molar-refractivity contribution is -0.117. The predicted octanol–water partition coefficient (Wildman–Crippen LogP) is 2.48. The van der Waals surface area contributed by atoms with Gasteiger partial charge in [-0.15, -0.1) is 0 Å². The lowest BCUT2D eigenvalue weighted by Crippen LogP contribution is -2.48. The fourth-order valence-electron chi connectivity index (χ4n) is 2.83. The summed E-state index contributed by atoms with van der Waals surface area (Å²) in [5.41, 5.74) is 0.652. The van der Waals surface area contributed by atoms with Crippen LogP contribution in [0, 0.1) is 0 Å². The Labute approximate surface area is 157 Å². The number of anilines is 1. The van der Waals surface area contributed by atoms with Crippen molar-refractivity contribution < 1.29 is 4.79 Å². The minimum absolute atomic E-state index is 0.0440. The molecule has 1 amide bonds. The molecule has 0 aliphatic carbocycles. The molecule has 0 saturated carbocycles. The van der Waals surface area contributed by atoms with E-state index in [9.17, 15) is 4.79 Å². The van der Waals surface area contributed by atoms with Gasteiger partial charge >= 0.3 is 0 Å². The molecule has 2 aromatic rings. The summed E-state index contributed by atoms with van der Waals surface area (Å²) < 4.78 is 1.89. The van der Waals surface area contributed by atoms with Crippen molar-refractivity contribution in [2.24, 2.45) is 7.05 Å². The summed E-state index contributed by atoms with van der Waals surface area (Å²) in [5, 5.41) is 4.06. The zero-order valence-electron chi connectivity index (χ0n) is 14.1. The zero-order chi connectivity index (χ0) is 17.8.